The Bertz CT molecular complexity index is 257. The van der Waals surface area contributed by atoms with Gasteiger partial charge in [0.1, 0.15) is 0 Å². The summed E-state index contributed by atoms with van der Waals surface area (Å²) in [5.41, 5.74) is 0.741. The molecule has 18 heavy (non-hydrogen) atoms. The van der Waals surface area contributed by atoms with E-state index in [2.05, 4.69) is 46.6 Å². The van der Waals surface area contributed by atoms with Crippen LogP contribution in [-0.4, -0.2) is 33.2 Å². The number of alkyl halides is 3. The standard InChI is InChI=1S/C12H27Cl3OSi2/c1-10(2)18(6,7)11(17(3,4)5)8-16-9-12(13,14)15/h10-11H,8-9H2,1-7H3. The van der Waals surface area contributed by atoms with Crippen molar-refractivity contribution in [1.29, 1.82) is 0 Å². The Morgan fingerprint density at radius 1 is 1.00 bits per heavy atom. The van der Waals surface area contributed by atoms with E-state index in [0.717, 1.165) is 12.1 Å². The maximum absolute atomic E-state index is 5.74. The predicted octanol–water partition coefficient (Wildman–Crippen LogP) is 5.74. The van der Waals surface area contributed by atoms with E-state index in [1.807, 2.05) is 0 Å². The molecule has 1 atom stereocenters. The molecule has 0 N–H and O–H groups in total. The summed E-state index contributed by atoms with van der Waals surface area (Å²) in [6.45, 7) is 17.7. The quantitative estimate of drug-likeness (QED) is 0.439. The molecule has 0 rings (SSSR count). The van der Waals surface area contributed by atoms with Crippen LogP contribution in [0.25, 0.3) is 0 Å². The number of halogens is 3. The first-order valence-corrected chi connectivity index (χ1v) is 14.3. The van der Waals surface area contributed by atoms with Gasteiger partial charge in [0, 0.05) is 14.7 Å². The highest BCUT2D eigenvalue weighted by atomic mass is 35.6. The molecule has 0 aliphatic rings. The molecular weight excluding hydrogens is 323 g/mol. The Morgan fingerprint density at radius 2 is 1.44 bits per heavy atom. The molecule has 0 spiro atoms. The van der Waals surface area contributed by atoms with Gasteiger partial charge >= 0.3 is 0 Å². The lowest BCUT2D eigenvalue weighted by Gasteiger charge is -2.43. The van der Waals surface area contributed by atoms with Crippen molar-refractivity contribution < 1.29 is 4.74 Å². The third kappa shape index (κ3) is 6.62. The molecule has 6 heteroatoms. The second kappa shape index (κ2) is 6.81. The molecule has 0 bridgehead atoms. The van der Waals surface area contributed by atoms with Crippen molar-refractivity contribution in [3.63, 3.8) is 0 Å². The van der Waals surface area contributed by atoms with Crippen molar-refractivity contribution in [1.82, 2.24) is 0 Å². The van der Waals surface area contributed by atoms with Gasteiger partial charge in [0.25, 0.3) is 0 Å². The van der Waals surface area contributed by atoms with E-state index >= 15 is 0 Å². The highest BCUT2D eigenvalue weighted by molar-refractivity contribution is 6.97. The fraction of sp³-hybridized carbons (Fsp3) is 1.00. The summed E-state index contributed by atoms with van der Waals surface area (Å²) in [4.78, 5) is 0. The molecule has 0 aliphatic carbocycles. The van der Waals surface area contributed by atoms with E-state index in [9.17, 15) is 0 Å². The van der Waals surface area contributed by atoms with Gasteiger partial charge in [0.2, 0.25) is 3.79 Å². The van der Waals surface area contributed by atoms with Crippen LogP contribution in [0.3, 0.4) is 0 Å². The van der Waals surface area contributed by atoms with Crippen LogP contribution in [0, 0.1) is 0 Å². The Hall–Kier alpha value is 1.26. The number of hydrogen-bond acceptors (Lipinski definition) is 1. The summed E-state index contributed by atoms with van der Waals surface area (Å²) in [5, 5.41) is 0.678. The molecule has 0 amide bonds. The fourth-order valence-electron chi connectivity index (χ4n) is 2.28. The smallest absolute Gasteiger partial charge is 0.213 e. The molecular formula is C12H27Cl3OSi2. The van der Waals surface area contributed by atoms with Crippen LogP contribution >= 0.6 is 34.8 Å². The zero-order valence-electron chi connectivity index (χ0n) is 12.6. The summed E-state index contributed by atoms with van der Waals surface area (Å²) < 4.78 is 4.40. The van der Waals surface area contributed by atoms with Gasteiger partial charge in [-0.1, -0.05) is 86.9 Å². The van der Waals surface area contributed by atoms with Crippen LogP contribution in [0.15, 0.2) is 0 Å². The predicted molar refractivity (Wildman–Crippen MR) is 90.8 cm³/mol. The van der Waals surface area contributed by atoms with Crippen molar-refractivity contribution in [2.75, 3.05) is 13.2 Å². The molecule has 0 aromatic carbocycles. The minimum atomic E-state index is -1.33. The molecule has 0 heterocycles. The molecule has 0 aliphatic heterocycles. The summed E-state index contributed by atoms with van der Waals surface area (Å²) >= 11 is 17.2. The first-order valence-electron chi connectivity index (χ1n) is 6.43. The molecule has 0 saturated heterocycles. The third-order valence-electron chi connectivity index (χ3n) is 3.98. The summed E-state index contributed by atoms with van der Waals surface area (Å²) in [6, 6.07) is 0. The van der Waals surface area contributed by atoms with Crippen LogP contribution in [0.2, 0.25) is 43.4 Å². The number of ether oxygens (including phenoxy) is 1. The molecule has 0 saturated carbocycles. The van der Waals surface area contributed by atoms with E-state index in [1.54, 1.807) is 0 Å². The normalized spacial score (nSPS) is 16.2. The van der Waals surface area contributed by atoms with E-state index < -0.39 is 19.9 Å². The van der Waals surface area contributed by atoms with Gasteiger partial charge in [-0.15, -0.1) is 0 Å². The van der Waals surface area contributed by atoms with Gasteiger partial charge in [0.05, 0.1) is 14.7 Å². The van der Waals surface area contributed by atoms with Crippen LogP contribution in [0.4, 0.5) is 0 Å². The highest BCUT2D eigenvalue weighted by Crippen LogP contribution is 2.39. The molecule has 1 nitrogen and oxygen atoms in total. The molecule has 0 radical (unpaired) electrons. The minimum Gasteiger partial charge on any atom is -0.377 e. The summed E-state index contributed by atoms with van der Waals surface area (Å²) in [6.07, 6.45) is 0. The third-order valence-corrected chi connectivity index (χ3v) is 16.3. The SMILES string of the molecule is CC(C)[Si](C)(C)C(COCC(Cl)(Cl)Cl)[Si](C)(C)C. The van der Waals surface area contributed by atoms with Crippen molar-refractivity contribution in [2.45, 2.75) is 61.1 Å². The zero-order chi connectivity index (χ0) is 14.8. The van der Waals surface area contributed by atoms with Crippen molar-refractivity contribution in [3.05, 3.63) is 0 Å². The molecule has 0 aromatic rings. The van der Waals surface area contributed by atoms with E-state index in [0.29, 0.717) is 5.16 Å². The van der Waals surface area contributed by atoms with Gasteiger partial charge in [-0.25, -0.2) is 0 Å². The van der Waals surface area contributed by atoms with Crippen LogP contribution in [0.5, 0.6) is 0 Å². The monoisotopic (exact) mass is 348 g/mol. The fourth-order valence-corrected chi connectivity index (χ4v) is 14.4. The second-order valence-corrected chi connectivity index (χ2v) is 21.0. The lowest BCUT2D eigenvalue weighted by Crippen LogP contribution is -2.50. The zero-order valence-corrected chi connectivity index (χ0v) is 16.9. The topological polar surface area (TPSA) is 9.23 Å². The lowest BCUT2D eigenvalue weighted by atomic mass is 10.6. The Kier molecular flexibility index (Phi) is 7.29. The summed E-state index contributed by atoms with van der Waals surface area (Å²) in [7, 11) is -2.61. The lowest BCUT2D eigenvalue weighted by molar-refractivity contribution is 0.145. The van der Waals surface area contributed by atoms with Gasteiger partial charge < -0.3 is 4.74 Å². The average Bonchev–Trinajstić information content (AvgIpc) is 2.07. The van der Waals surface area contributed by atoms with Gasteiger partial charge in [-0.05, 0) is 5.16 Å². The first kappa shape index (κ1) is 19.3. The second-order valence-electron chi connectivity index (χ2n) is 7.02. The van der Waals surface area contributed by atoms with Gasteiger partial charge in [0.15, 0.2) is 0 Å². The maximum Gasteiger partial charge on any atom is 0.213 e. The number of rotatable bonds is 6. The first-order chi connectivity index (χ1) is 7.78. The van der Waals surface area contributed by atoms with Crippen LogP contribution < -0.4 is 0 Å². The Labute approximate surface area is 130 Å². The molecule has 0 aromatic heterocycles. The van der Waals surface area contributed by atoms with Gasteiger partial charge in [-0.2, -0.15) is 0 Å². The van der Waals surface area contributed by atoms with Crippen molar-refractivity contribution in [2.24, 2.45) is 0 Å². The Morgan fingerprint density at radius 3 is 1.72 bits per heavy atom. The van der Waals surface area contributed by atoms with Gasteiger partial charge in [-0.3, -0.25) is 0 Å². The molecule has 110 valence electrons. The van der Waals surface area contributed by atoms with E-state index in [1.165, 1.54) is 0 Å². The minimum absolute atomic E-state index is 0.182. The summed E-state index contributed by atoms with van der Waals surface area (Å²) in [5.74, 6) is 0. The highest BCUT2D eigenvalue weighted by Gasteiger charge is 2.42. The van der Waals surface area contributed by atoms with Crippen LogP contribution in [-0.2, 0) is 4.74 Å². The largest absolute Gasteiger partial charge is 0.377 e. The molecule has 0 fully saturated rings. The van der Waals surface area contributed by atoms with Crippen molar-refractivity contribution in [3.8, 4) is 0 Å². The van der Waals surface area contributed by atoms with Crippen molar-refractivity contribution >= 4 is 51.0 Å². The van der Waals surface area contributed by atoms with E-state index in [-0.39, 0.29) is 6.61 Å². The average molecular weight is 350 g/mol. The van der Waals surface area contributed by atoms with Crippen LogP contribution in [0.1, 0.15) is 13.8 Å². The molecule has 1 unspecified atom stereocenters. The number of hydrogen-bond donors (Lipinski definition) is 0. The maximum atomic E-state index is 5.74. The Balaban J connectivity index is 4.74. The van der Waals surface area contributed by atoms with E-state index in [4.69, 9.17) is 39.5 Å².